The first-order valence-corrected chi connectivity index (χ1v) is 11.9. The van der Waals surface area contributed by atoms with Gasteiger partial charge in [0.25, 0.3) is 11.9 Å². The third-order valence-corrected chi connectivity index (χ3v) is 6.06. The van der Waals surface area contributed by atoms with Crippen LogP contribution >= 0.6 is 0 Å². The van der Waals surface area contributed by atoms with Crippen molar-refractivity contribution in [2.24, 2.45) is 0 Å². The summed E-state index contributed by atoms with van der Waals surface area (Å²) in [6.45, 7) is 2.31. The summed E-state index contributed by atoms with van der Waals surface area (Å²) in [6, 6.07) is 6.50. The lowest BCUT2D eigenvalue weighted by atomic mass is 10.2. The Morgan fingerprint density at radius 2 is 1.79 bits per heavy atom. The van der Waals surface area contributed by atoms with Crippen LogP contribution in [0.1, 0.15) is 34.5 Å². The molecule has 0 unspecified atom stereocenters. The molecule has 10 nitrogen and oxygen atoms in total. The average Bonchev–Trinajstić information content (AvgIpc) is 3.58. The van der Waals surface area contributed by atoms with E-state index in [-0.39, 0.29) is 23.2 Å². The number of nitrogens with one attached hydrogen (secondary N) is 1. The van der Waals surface area contributed by atoms with Crippen LogP contribution in [-0.4, -0.2) is 48.6 Å². The highest BCUT2D eigenvalue weighted by Crippen LogP contribution is 2.35. The molecule has 14 heteroatoms. The van der Waals surface area contributed by atoms with Crippen LogP contribution < -0.4 is 15.8 Å². The third kappa shape index (κ3) is 5.65. The smallest absolute Gasteiger partial charge is 0.434 e. The molecule has 0 radical (unpaired) electrons. The number of ether oxygens (including phenoxy) is 1. The molecule has 1 saturated heterocycles. The van der Waals surface area contributed by atoms with Gasteiger partial charge in [-0.2, -0.15) is 23.0 Å². The summed E-state index contributed by atoms with van der Waals surface area (Å²) >= 11 is 0. The summed E-state index contributed by atoms with van der Waals surface area (Å²) in [4.78, 5) is 26.6. The third-order valence-electron chi connectivity index (χ3n) is 6.06. The SMILES string of the molecule is Nc1nccc(Oc2ccc(NC(=O)c3cnn(-c4ncccn4)c3C(F)(F)F)cc2F)c1CN1CCCC1. The Labute approximate surface area is 219 Å². The van der Waals surface area contributed by atoms with Gasteiger partial charge in [-0.3, -0.25) is 9.69 Å². The van der Waals surface area contributed by atoms with Gasteiger partial charge >= 0.3 is 6.18 Å². The molecule has 5 rings (SSSR count). The maximum atomic E-state index is 15.0. The predicted molar refractivity (Wildman–Crippen MR) is 132 cm³/mol. The number of likely N-dealkylation sites (tertiary alicyclic amines) is 1. The van der Waals surface area contributed by atoms with Crippen molar-refractivity contribution in [3.05, 3.63) is 77.8 Å². The number of halogens is 4. The first-order chi connectivity index (χ1) is 18.7. The van der Waals surface area contributed by atoms with Crippen LogP contribution in [0.25, 0.3) is 5.95 Å². The van der Waals surface area contributed by atoms with Crippen LogP contribution in [0, 0.1) is 5.82 Å². The van der Waals surface area contributed by atoms with E-state index in [2.05, 4.69) is 30.3 Å². The molecule has 202 valence electrons. The molecule has 4 heterocycles. The maximum absolute atomic E-state index is 15.0. The summed E-state index contributed by atoms with van der Waals surface area (Å²) in [6.07, 6.45) is 1.87. The van der Waals surface area contributed by atoms with Gasteiger partial charge < -0.3 is 15.8 Å². The number of benzene rings is 1. The highest BCUT2D eigenvalue weighted by Gasteiger charge is 2.41. The molecule has 1 aliphatic rings. The van der Waals surface area contributed by atoms with Crippen LogP contribution in [0.4, 0.5) is 29.1 Å². The fraction of sp³-hybridized carbons (Fsp3) is 0.240. The Kier molecular flexibility index (Phi) is 7.11. The van der Waals surface area contributed by atoms with E-state index < -0.39 is 29.2 Å². The van der Waals surface area contributed by atoms with Crippen molar-refractivity contribution in [2.45, 2.75) is 25.6 Å². The monoisotopic (exact) mass is 542 g/mol. The van der Waals surface area contributed by atoms with Gasteiger partial charge in [0.05, 0.1) is 17.3 Å². The molecule has 39 heavy (non-hydrogen) atoms. The van der Waals surface area contributed by atoms with E-state index in [9.17, 15) is 22.4 Å². The van der Waals surface area contributed by atoms with E-state index in [0.29, 0.717) is 22.5 Å². The van der Waals surface area contributed by atoms with Crippen molar-refractivity contribution < 1.29 is 27.1 Å². The van der Waals surface area contributed by atoms with E-state index in [4.69, 9.17) is 10.5 Å². The minimum absolute atomic E-state index is 0.0896. The molecule has 0 saturated carbocycles. The van der Waals surface area contributed by atoms with Gasteiger partial charge in [-0.1, -0.05) is 0 Å². The predicted octanol–water partition coefficient (Wildman–Crippen LogP) is 4.44. The number of carbonyl (C=O) groups is 1. The summed E-state index contributed by atoms with van der Waals surface area (Å²) in [5.41, 5.74) is 4.43. The molecule has 0 bridgehead atoms. The van der Waals surface area contributed by atoms with Crippen molar-refractivity contribution in [1.82, 2.24) is 29.6 Å². The molecule has 1 amide bonds. The molecule has 0 atom stereocenters. The Balaban J connectivity index is 1.36. The number of rotatable bonds is 7. The first-order valence-electron chi connectivity index (χ1n) is 11.9. The lowest BCUT2D eigenvalue weighted by Crippen LogP contribution is -2.21. The second-order valence-electron chi connectivity index (χ2n) is 8.72. The van der Waals surface area contributed by atoms with Crippen LogP contribution in [0.3, 0.4) is 0 Å². The first kappa shape index (κ1) is 26.0. The number of pyridine rings is 1. The highest BCUT2D eigenvalue weighted by atomic mass is 19.4. The van der Waals surface area contributed by atoms with Gasteiger partial charge in [0, 0.05) is 36.9 Å². The van der Waals surface area contributed by atoms with Crippen molar-refractivity contribution >= 4 is 17.4 Å². The van der Waals surface area contributed by atoms with E-state index >= 15 is 0 Å². The lowest BCUT2D eigenvalue weighted by Gasteiger charge is -2.19. The molecule has 3 N–H and O–H groups in total. The molecule has 1 fully saturated rings. The second kappa shape index (κ2) is 10.6. The minimum Gasteiger partial charge on any atom is -0.454 e. The number of nitrogen functional groups attached to an aromatic ring is 1. The topological polar surface area (TPSA) is 124 Å². The van der Waals surface area contributed by atoms with E-state index in [1.807, 2.05) is 0 Å². The van der Waals surface area contributed by atoms with E-state index in [0.717, 1.165) is 38.2 Å². The molecular formula is C25H22F4N8O2. The largest absolute Gasteiger partial charge is 0.454 e. The number of nitrogens with zero attached hydrogens (tertiary/aromatic N) is 6. The van der Waals surface area contributed by atoms with Gasteiger partial charge in [-0.05, 0) is 50.2 Å². The number of amides is 1. The van der Waals surface area contributed by atoms with Gasteiger partial charge in [0.15, 0.2) is 17.3 Å². The number of carbonyl (C=O) groups excluding carboxylic acids is 1. The summed E-state index contributed by atoms with van der Waals surface area (Å²) in [5.74, 6) is -1.92. The van der Waals surface area contributed by atoms with Crippen molar-refractivity contribution in [2.75, 3.05) is 24.1 Å². The molecule has 0 spiro atoms. The normalized spacial score (nSPS) is 13.9. The number of hydrogen-bond acceptors (Lipinski definition) is 8. The number of nitrogens with two attached hydrogens (primary N) is 1. The number of anilines is 2. The molecule has 0 aliphatic carbocycles. The Hall–Kier alpha value is -4.59. The van der Waals surface area contributed by atoms with E-state index in [1.54, 1.807) is 6.07 Å². The molecular weight excluding hydrogens is 520 g/mol. The maximum Gasteiger partial charge on any atom is 0.434 e. The van der Waals surface area contributed by atoms with Crippen molar-refractivity contribution in [3.63, 3.8) is 0 Å². The Morgan fingerprint density at radius 3 is 2.49 bits per heavy atom. The quantitative estimate of drug-likeness (QED) is 0.329. The number of alkyl halides is 3. The molecule has 1 aliphatic heterocycles. The highest BCUT2D eigenvalue weighted by molar-refractivity contribution is 6.05. The molecule has 3 aromatic heterocycles. The Morgan fingerprint density at radius 1 is 1.05 bits per heavy atom. The van der Waals surface area contributed by atoms with Crippen LogP contribution in [-0.2, 0) is 12.7 Å². The van der Waals surface area contributed by atoms with Gasteiger partial charge in [-0.25, -0.2) is 19.3 Å². The Bertz CT molecular complexity index is 1490. The van der Waals surface area contributed by atoms with Crippen molar-refractivity contribution in [1.29, 1.82) is 0 Å². The number of aromatic nitrogens is 5. The van der Waals surface area contributed by atoms with Crippen molar-refractivity contribution in [3.8, 4) is 17.4 Å². The van der Waals surface area contributed by atoms with Gasteiger partial charge in [0.1, 0.15) is 11.6 Å². The van der Waals surface area contributed by atoms with Crippen LogP contribution in [0.5, 0.6) is 11.5 Å². The summed E-state index contributed by atoms with van der Waals surface area (Å²) in [7, 11) is 0. The fourth-order valence-electron chi connectivity index (χ4n) is 4.23. The average molecular weight is 542 g/mol. The zero-order valence-electron chi connectivity index (χ0n) is 20.3. The fourth-order valence-corrected chi connectivity index (χ4v) is 4.23. The number of hydrogen-bond donors (Lipinski definition) is 2. The molecule has 1 aromatic carbocycles. The zero-order valence-corrected chi connectivity index (χ0v) is 20.3. The summed E-state index contributed by atoms with van der Waals surface area (Å²) in [5, 5.41) is 5.91. The minimum atomic E-state index is -4.95. The van der Waals surface area contributed by atoms with E-state index in [1.165, 1.54) is 36.8 Å². The van der Waals surface area contributed by atoms with Crippen LogP contribution in [0.15, 0.2) is 55.1 Å². The van der Waals surface area contributed by atoms with Gasteiger partial charge in [0.2, 0.25) is 0 Å². The molecule has 4 aromatic rings. The lowest BCUT2D eigenvalue weighted by molar-refractivity contribution is -0.143. The second-order valence-corrected chi connectivity index (χ2v) is 8.72. The zero-order chi connectivity index (χ0) is 27.6. The van der Waals surface area contributed by atoms with Crippen LogP contribution in [0.2, 0.25) is 0 Å². The standard InChI is InChI=1S/C25H22F4N8O2/c26-18-12-15(4-5-20(18)39-19-6-9-31-22(30)17(19)14-36-10-1-2-11-36)35-23(38)16-13-34-37(21(16)25(27,28)29)24-32-7-3-8-33-24/h3-9,12-13H,1-2,10-11,14H2,(H2,30,31)(H,35,38). The summed E-state index contributed by atoms with van der Waals surface area (Å²) < 4.78 is 62.7. The van der Waals surface area contributed by atoms with Gasteiger partial charge in [-0.15, -0.1) is 0 Å².